The summed E-state index contributed by atoms with van der Waals surface area (Å²) in [6.45, 7) is 4.19. The molecule has 2 rings (SSSR count). The number of aryl methyl sites for hydroxylation is 2. The first kappa shape index (κ1) is 13.0. The van der Waals surface area contributed by atoms with Crippen LogP contribution in [-0.2, 0) is 7.05 Å². The van der Waals surface area contributed by atoms with E-state index in [2.05, 4.69) is 47.9 Å². The lowest BCUT2D eigenvalue weighted by Gasteiger charge is -2.15. The highest BCUT2D eigenvalue weighted by Crippen LogP contribution is 2.23. The van der Waals surface area contributed by atoms with Gasteiger partial charge in [0.1, 0.15) is 0 Å². The van der Waals surface area contributed by atoms with Gasteiger partial charge in [0.15, 0.2) is 0 Å². The molecule has 3 nitrogen and oxygen atoms in total. The molecule has 0 saturated carbocycles. The van der Waals surface area contributed by atoms with Crippen LogP contribution in [0.3, 0.4) is 0 Å². The summed E-state index contributed by atoms with van der Waals surface area (Å²) in [6, 6.07) is 8.95. The average Bonchev–Trinajstić information content (AvgIpc) is 2.68. The Labute approximate surface area is 113 Å². The van der Waals surface area contributed by atoms with Crippen molar-refractivity contribution < 1.29 is 0 Å². The molecule has 4 heteroatoms. The number of benzene rings is 1. The molecule has 0 saturated heterocycles. The number of thioether (sulfide) groups is 1. The van der Waals surface area contributed by atoms with Crippen LogP contribution >= 0.6 is 11.8 Å². The van der Waals surface area contributed by atoms with E-state index in [1.54, 1.807) is 11.8 Å². The van der Waals surface area contributed by atoms with Crippen LogP contribution in [0.4, 0.5) is 5.69 Å². The Morgan fingerprint density at radius 3 is 2.44 bits per heavy atom. The molecule has 1 N–H and O–H groups in total. The zero-order valence-corrected chi connectivity index (χ0v) is 12.1. The number of anilines is 1. The van der Waals surface area contributed by atoms with Crippen molar-refractivity contribution in [2.45, 2.75) is 24.8 Å². The second kappa shape index (κ2) is 5.48. The number of nitrogens with zero attached hydrogens (tertiary/aromatic N) is 2. The molecule has 18 heavy (non-hydrogen) atoms. The molecule has 1 unspecified atom stereocenters. The van der Waals surface area contributed by atoms with Crippen LogP contribution in [0, 0.1) is 6.92 Å². The lowest BCUT2D eigenvalue weighted by Crippen LogP contribution is -2.06. The maximum atomic E-state index is 4.34. The van der Waals surface area contributed by atoms with Gasteiger partial charge >= 0.3 is 0 Å². The van der Waals surface area contributed by atoms with Crippen LogP contribution < -0.4 is 5.32 Å². The normalized spacial score (nSPS) is 12.4. The molecule has 0 fully saturated rings. The maximum Gasteiger partial charge on any atom is 0.0825 e. The van der Waals surface area contributed by atoms with Crippen molar-refractivity contribution in [3.8, 4) is 0 Å². The molecule has 1 aromatic carbocycles. The Bertz CT molecular complexity index is 516. The number of rotatable bonds is 4. The summed E-state index contributed by atoms with van der Waals surface area (Å²) in [5.74, 6) is 0. The summed E-state index contributed by atoms with van der Waals surface area (Å²) in [7, 11) is 1.94. The van der Waals surface area contributed by atoms with E-state index >= 15 is 0 Å². The Morgan fingerprint density at radius 2 is 1.94 bits per heavy atom. The third kappa shape index (κ3) is 2.88. The molecule has 0 aliphatic heterocycles. The monoisotopic (exact) mass is 261 g/mol. The van der Waals surface area contributed by atoms with Gasteiger partial charge in [-0.05, 0) is 37.8 Å². The number of hydrogen-bond donors (Lipinski definition) is 1. The van der Waals surface area contributed by atoms with E-state index in [4.69, 9.17) is 0 Å². The van der Waals surface area contributed by atoms with Gasteiger partial charge in [-0.15, -0.1) is 11.8 Å². The molecule has 96 valence electrons. The maximum absolute atomic E-state index is 4.34. The number of hydrogen-bond acceptors (Lipinski definition) is 3. The van der Waals surface area contributed by atoms with Crippen molar-refractivity contribution in [1.29, 1.82) is 0 Å². The average molecular weight is 261 g/mol. The predicted octanol–water partition coefficient (Wildman–Crippen LogP) is 3.62. The first-order valence-corrected chi connectivity index (χ1v) is 7.23. The second-order valence-corrected chi connectivity index (χ2v) is 5.32. The molecule has 0 radical (unpaired) electrons. The standard InChI is InChI=1S/C14H19N3S/c1-10(12-5-7-13(18-4)8-6-12)15-14-9-17(3)16-11(14)2/h5-10,15H,1-4H3. The van der Waals surface area contributed by atoms with Gasteiger partial charge in [-0.2, -0.15) is 5.10 Å². The minimum atomic E-state index is 0.281. The third-order valence-electron chi connectivity index (χ3n) is 3.00. The van der Waals surface area contributed by atoms with Gasteiger partial charge < -0.3 is 5.32 Å². The van der Waals surface area contributed by atoms with Crippen LogP contribution in [0.1, 0.15) is 24.2 Å². The molecule has 0 spiro atoms. The quantitative estimate of drug-likeness (QED) is 0.852. The summed E-state index contributed by atoms with van der Waals surface area (Å²) in [6.07, 6.45) is 4.11. The van der Waals surface area contributed by atoms with E-state index < -0.39 is 0 Å². The summed E-state index contributed by atoms with van der Waals surface area (Å²) < 4.78 is 1.83. The Morgan fingerprint density at radius 1 is 1.28 bits per heavy atom. The third-order valence-corrected chi connectivity index (χ3v) is 3.74. The van der Waals surface area contributed by atoms with E-state index in [0.29, 0.717) is 0 Å². The molecule has 0 amide bonds. The molecule has 1 atom stereocenters. The van der Waals surface area contributed by atoms with Crippen molar-refractivity contribution in [3.05, 3.63) is 41.7 Å². The van der Waals surface area contributed by atoms with Crippen molar-refractivity contribution in [2.75, 3.05) is 11.6 Å². The SMILES string of the molecule is CSc1ccc(C(C)Nc2cn(C)nc2C)cc1. The van der Waals surface area contributed by atoms with Crippen LogP contribution in [-0.4, -0.2) is 16.0 Å². The van der Waals surface area contributed by atoms with Gasteiger partial charge in [-0.25, -0.2) is 0 Å². The van der Waals surface area contributed by atoms with Gasteiger partial charge in [0, 0.05) is 24.2 Å². The smallest absolute Gasteiger partial charge is 0.0825 e. The fourth-order valence-electron chi connectivity index (χ4n) is 1.95. The van der Waals surface area contributed by atoms with Crippen LogP contribution in [0.25, 0.3) is 0 Å². The Balaban J connectivity index is 2.11. The summed E-state index contributed by atoms with van der Waals surface area (Å²) >= 11 is 1.77. The van der Waals surface area contributed by atoms with Crippen LogP contribution in [0.2, 0.25) is 0 Å². The molecule has 1 heterocycles. The molecule has 1 aromatic heterocycles. The molecular weight excluding hydrogens is 242 g/mol. The highest BCUT2D eigenvalue weighted by molar-refractivity contribution is 7.98. The number of aromatic nitrogens is 2. The van der Waals surface area contributed by atoms with E-state index in [-0.39, 0.29) is 6.04 Å². The van der Waals surface area contributed by atoms with Crippen LogP contribution in [0.15, 0.2) is 35.4 Å². The van der Waals surface area contributed by atoms with E-state index in [1.165, 1.54) is 10.5 Å². The number of nitrogens with one attached hydrogen (secondary N) is 1. The second-order valence-electron chi connectivity index (χ2n) is 4.44. The molecular formula is C14H19N3S. The lowest BCUT2D eigenvalue weighted by molar-refractivity contribution is 0.756. The topological polar surface area (TPSA) is 29.9 Å². The van der Waals surface area contributed by atoms with E-state index in [0.717, 1.165) is 11.4 Å². The van der Waals surface area contributed by atoms with E-state index in [9.17, 15) is 0 Å². The van der Waals surface area contributed by atoms with Crippen molar-refractivity contribution >= 4 is 17.4 Å². The highest BCUT2D eigenvalue weighted by Gasteiger charge is 2.09. The van der Waals surface area contributed by atoms with Crippen molar-refractivity contribution in [1.82, 2.24) is 9.78 Å². The van der Waals surface area contributed by atoms with Gasteiger partial charge in [0.05, 0.1) is 11.4 Å². The predicted molar refractivity (Wildman–Crippen MR) is 78.2 cm³/mol. The van der Waals surface area contributed by atoms with Crippen molar-refractivity contribution in [3.63, 3.8) is 0 Å². The van der Waals surface area contributed by atoms with Gasteiger partial charge in [-0.1, -0.05) is 12.1 Å². The summed E-state index contributed by atoms with van der Waals surface area (Å²) in [5, 5.41) is 7.83. The molecule has 0 aliphatic rings. The molecule has 0 aliphatic carbocycles. The van der Waals surface area contributed by atoms with E-state index in [1.807, 2.05) is 24.9 Å². The molecule has 0 bridgehead atoms. The largest absolute Gasteiger partial charge is 0.376 e. The van der Waals surface area contributed by atoms with Gasteiger partial charge in [0.2, 0.25) is 0 Å². The zero-order chi connectivity index (χ0) is 13.1. The Hall–Kier alpha value is -1.42. The zero-order valence-electron chi connectivity index (χ0n) is 11.3. The van der Waals surface area contributed by atoms with Gasteiger partial charge in [-0.3, -0.25) is 4.68 Å². The highest BCUT2D eigenvalue weighted by atomic mass is 32.2. The van der Waals surface area contributed by atoms with Crippen molar-refractivity contribution in [2.24, 2.45) is 7.05 Å². The first-order valence-electron chi connectivity index (χ1n) is 6.01. The fraction of sp³-hybridized carbons (Fsp3) is 0.357. The lowest BCUT2D eigenvalue weighted by atomic mass is 10.1. The fourth-order valence-corrected chi connectivity index (χ4v) is 2.36. The molecule has 2 aromatic rings. The minimum absolute atomic E-state index is 0.281. The first-order chi connectivity index (χ1) is 8.60. The van der Waals surface area contributed by atoms with Crippen LogP contribution in [0.5, 0.6) is 0 Å². The van der Waals surface area contributed by atoms with Gasteiger partial charge in [0.25, 0.3) is 0 Å². The Kier molecular flexibility index (Phi) is 3.97. The minimum Gasteiger partial charge on any atom is -0.376 e. The summed E-state index contributed by atoms with van der Waals surface area (Å²) in [5.41, 5.74) is 3.42. The summed E-state index contributed by atoms with van der Waals surface area (Å²) in [4.78, 5) is 1.29.